The molecule has 1 heterocycles. The third-order valence-corrected chi connectivity index (χ3v) is 5.52. The number of pyridine rings is 1. The van der Waals surface area contributed by atoms with Gasteiger partial charge in [-0.25, -0.2) is 4.98 Å². The van der Waals surface area contributed by atoms with Crippen LogP contribution in [-0.2, 0) is 6.42 Å². The molecule has 0 amide bonds. The number of aromatic nitrogens is 1. The van der Waals surface area contributed by atoms with Crippen molar-refractivity contribution in [3.8, 4) is 0 Å². The van der Waals surface area contributed by atoms with E-state index in [0.29, 0.717) is 6.04 Å². The maximum Gasteiger partial charge on any atom is 0.134 e. The van der Waals surface area contributed by atoms with Crippen molar-refractivity contribution in [2.75, 3.05) is 5.32 Å². The molecule has 0 saturated heterocycles. The first-order valence-electron chi connectivity index (χ1n) is 8.62. The number of anilines is 1. The molecule has 2 aliphatic rings. The van der Waals surface area contributed by atoms with E-state index >= 15 is 0 Å². The van der Waals surface area contributed by atoms with E-state index < -0.39 is 0 Å². The van der Waals surface area contributed by atoms with E-state index in [9.17, 15) is 0 Å². The van der Waals surface area contributed by atoms with Crippen molar-refractivity contribution >= 4 is 16.6 Å². The van der Waals surface area contributed by atoms with Crippen LogP contribution in [0.2, 0.25) is 0 Å². The van der Waals surface area contributed by atoms with Gasteiger partial charge in [0.2, 0.25) is 0 Å². The van der Waals surface area contributed by atoms with Gasteiger partial charge >= 0.3 is 0 Å². The van der Waals surface area contributed by atoms with E-state index in [-0.39, 0.29) is 0 Å². The van der Waals surface area contributed by atoms with Gasteiger partial charge in [0.25, 0.3) is 0 Å². The average Bonchev–Trinajstić information content (AvgIpc) is 2.95. The van der Waals surface area contributed by atoms with Crippen LogP contribution in [0.5, 0.6) is 0 Å². The third-order valence-electron chi connectivity index (χ3n) is 5.52. The van der Waals surface area contributed by atoms with Gasteiger partial charge in [-0.3, -0.25) is 0 Å². The fourth-order valence-electron chi connectivity index (χ4n) is 4.52. The van der Waals surface area contributed by atoms with Crippen molar-refractivity contribution in [3.05, 3.63) is 71.4 Å². The Morgan fingerprint density at radius 2 is 1.96 bits per heavy atom. The lowest BCUT2D eigenvalue weighted by atomic mass is 9.84. The second-order valence-electron chi connectivity index (χ2n) is 6.82. The molecule has 2 atom stereocenters. The van der Waals surface area contributed by atoms with Crippen LogP contribution < -0.4 is 5.32 Å². The number of aryl methyl sites for hydroxylation is 1. The van der Waals surface area contributed by atoms with Crippen molar-refractivity contribution in [1.82, 2.24) is 4.98 Å². The maximum absolute atomic E-state index is 4.62. The highest BCUT2D eigenvalue weighted by molar-refractivity contribution is 5.91. The minimum Gasteiger partial charge on any atom is -0.363 e. The van der Waals surface area contributed by atoms with Crippen molar-refractivity contribution in [2.45, 2.75) is 37.6 Å². The minimum absolute atomic E-state index is 0.395. The lowest BCUT2D eigenvalue weighted by Gasteiger charge is -2.20. The first kappa shape index (κ1) is 13.1. The summed E-state index contributed by atoms with van der Waals surface area (Å²) in [6.07, 6.45) is 7.04. The maximum atomic E-state index is 4.62. The Morgan fingerprint density at radius 3 is 2.96 bits per heavy atom. The number of nitrogens with one attached hydrogen (secondary N) is 1. The molecule has 2 aromatic carbocycles. The van der Waals surface area contributed by atoms with Crippen LogP contribution in [0.25, 0.3) is 10.8 Å². The smallest absolute Gasteiger partial charge is 0.134 e. The van der Waals surface area contributed by atoms with E-state index in [0.717, 1.165) is 11.7 Å². The van der Waals surface area contributed by atoms with Gasteiger partial charge in [-0.05, 0) is 59.7 Å². The Balaban J connectivity index is 1.56. The lowest BCUT2D eigenvalue weighted by molar-refractivity contribution is 0.534. The summed E-state index contributed by atoms with van der Waals surface area (Å²) < 4.78 is 0. The number of rotatable bonds is 2. The molecule has 23 heavy (non-hydrogen) atoms. The molecule has 1 N–H and O–H groups in total. The van der Waals surface area contributed by atoms with Crippen LogP contribution in [-0.4, -0.2) is 4.98 Å². The Kier molecular flexibility index (Phi) is 2.90. The van der Waals surface area contributed by atoms with Crippen LogP contribution in [0, 0.1) is 0 Å². The number of benzene rings is 2. The Bertz CT molecular complexity index is 879. The highest BCUT2D eigenvalue weighted by Gasteiger charge is 2.34. The monoisotopic (exact) mass is 300 g/mol. The number of hydrogen-bond acceptors (Lipinski definition) is 2. The van der Waals surface area contributed by atoms with Crippen LogP contribution in [0.1, 0.15) is 47.9 Å². The minimum atomic E-state index is 0.395. The summed E-state index contributed by atoms with van der Waals surface area (Å²) in [5.74, 6) is 1.76. The topological polar surface area (TPSA) is 24.9 Å². The summed E-state index contributed by atoms with van der Waals surface area (Å²) in [7, 11) is 0. The van der Waals surface area contributed by atoms with E-state index in [1.54, 1.807) is 11.1 Å². The van der Waals surface area contributed by atoms with Gasteiger partial charge in [0.1, 0.15) is 5.82 Å². The van der Waals surface area contributed by atoms with E-state index in [4.69, 9.17) is 0 Å². The highest BCUT2D eigenvalue weighted by atomic mass is 15.0. The summed E-state index contributed by atoms with van der Waals surface area (Å²) in [5.41, 5.74) is 4.72. The molecule has 0 aliphatic heterocycles. The second kappa shape index (κ2) is 5.09. The van der Waals surface area contributed by atoms with Crippen LogP contribution in [0.4, 0.5) is 5.82 Å². The molecule has 5 rings (SSSR count). The average molecular weight is 300 g/mol. The van der Waals surface area contributed by atoms with Gasteiger partial charge in [0.15, 0.2) is 0 Å². The SMILES string of the molecule is c1cc2c3c(c1)C(Nc1nccc4ccccc14)CC3CCC2. The van der Waals surface area contributed by atoms with Gasteiger partial charge in [0.05, 0.1) is 6.04 Å². The standard InChI is InChI=1S/C21H20N2/c1-2-9-17-14(5-1)11-12-22-21(17)23-19-13-16-8-3-6-15-7-4-10-18(19)20(15)16/h1-2,4-5,7,9-12,16,19H,3,6,8,13H2,(H,22,23). The molecule has 1 aromatic heterocycles. The third kappa shape index (κ3) is 2.05. The molecule has 2 heteroatoms. The molecule has 0 saturated carbocycles. The highest BCUT2D eigenvalue weighted by Crippen LogP contribution is 2.48. The molecule has 0 radical (unpaired) electrons. The van der Waals surface area contributed by atoms with Crippen LogP contribution >= 0.6 is 0 Å². The van der Waals surface area contributed by atoms with Gasteiger partial charge in [-0.1, -0.05) is 42.5 Å². The van der Waals surface area contributed by atoms with E-state index in [1.807, 2.05) is 6.20 Å². The zero-order valence-electron chi connectivity index (χ0n) is 13.1. The van der Waals surface area contributed by atoms with Gasteiger partial charge in [0, 0.05) is 11.6 Å². The number of hydrogen-bond donors (Lipinski definition) is 1. The van der Waals surface area contributed by atoms with Crippen molar-refractivity contribution in [3.63, 3.8) is 0 Å². The molecule has 2 unspecified atom stereocenters. The zero-order chi connectivity index (χ0) is 15.2. The molecule has 0 spiro atoms. The van der Waals surface area contributed by atoms with Gasteiger partial charge < -0.3 is 5.32 Å². The van der Waals surface area contributed by atoms with Gasteiger partial charge in [-0.2, -0.15) is 0 Å². The summed E-state index contributed by atoms with van der Waals surface area (Å²) in [4.78, 5) is 4.62. The normalized spacial score (nSPS) is 22.1. The molecule has 3 aromatic rings. The summed E-state index contributed by atoms with van der Waals surface area (Å²) in [5, 5.41) is 6.21. The van der Waals surface area contributed by atoms with Crippen molar-refractivity contribution in [2.24, 2.45) is 0 Å². The number of fused-ring (bicyclic) bond motifs is 1. The predicted molar refractivity (Wildman–Crippen MR) is 94.8 cm³/mol. The molecular weight excluding hydrogens is 280 g/mol. The zero-order valence-corrected chi connectivity index (χ0v) is 13.1. The quantitative estimate of drug-likeness (QED) is 0.702. The second-order valence-corrected chi connectivity index (χ2v) is 6.82. The molecule has 2 nitrogen and oxygen atoms in total. The first-order valence-corrected chi connectivity index (χ1v) is 8.62. The molecule has 0 bridgehead atoms. The molecular formula is C21H20N2. The van der Waals surface area contributed by atoms with E-state index in [1.165, 1.54) is 42.0 Å². The van der Waals surface area contributed by atoms with Crippen molar-refractivity contribution in [1.29, 1.82) is 0 Å². The van der Waals surface area contributed by atoms with Crippen LogP contribution in [0.3, 0.4) is 0 Å². The predicted octanol–water partition coefficient (Wildman–Crippen LogP) is 5.21. The van der Waals surface area contributed by atoms with Crippen LogP contribution in [0.15, 0.2) is 54.7 Å². The Labute approximate surface area is 136 Å². The van der Waals surface area contributed by atoms with E-state index in [2.05, 4.69) is 58.8 Å². The number of nitrogens with zero attached hydrogens (tertiary/aromatic N) is 1. The first-order chi connectivity index (χ1) is 11.4. The summed E-state index contributed by atoms with van der Waals surface area (Å²) in [6.45, 7) is 0. The lowest BCUT2D eigenvalue weighted by Crippen LogP contribution is -2.09. The molecule has 0 fully saturated rings. The molecule has 2 aliphatic carbocycles. The largest absolute Gasteiger partial charge is 0.363 e. The Hall–Kier alpha value is -2.35. The summed E-state index contributed by atoms with van der Waals surface area (Å²) in [6, 6.07) is 17.8. The Morgan fingerprint density at radius 1 is 1.00 bits per heavy atom. The van der Waals surface area contributed by atoms with Crippen molar-refractivity contribution < 1.29 is 0 Å². The fourth-order valence-corrected chi connectivity index (χ4v) is 4.52. The van der Waals surface area contributed by atoms with Gasteiger partial charge in [-0.15, -0.1) is 0 Å². The molecule has 114 valence electrons. The fraction of sp³-hybridized carbons (Fsp3) is 0.286. The summed E-state index contributed by atoms with van der Waals surface area (Å²) >= 11 is 0.